The lowest BCUT2D eigenvalue weighted by Gasteiger charge is -2.34. The maximum atomic E-state index is 13.6. The van der Waals surface area contributed by atoms with Gasteiger partial charge in [-0.2, -0.15) is 0 Å². The Morgan fingerprint density at radius 2 is 1.76 bits per heavy atom. The molecule has 1 aliphatic rings. The summed E-state index contributed by atoms with van der Waals surface area (Å²) in [6.07, 6.45) is 1.27. The summed E-state index contributed by atoms with van der Waals surface area (Å²) in [6, 6.07) is 16.1. The van der Waals surface area contributed by atoms with Crippen LogP contribution in [0.5, 0.6) is 0 Å². The summed E-state index contributed by atoms with van der Waals surface area (Å²) in [4.78, 5) is 34.3. The molecular weight excluding hydrogens is 437 g/mol. The molecule has 1 saturated heterocycles. The van der Waals surface area contributed by atoms with Gasteiger partial charge in [0.1, 0.15) is 5.82 Å². The van der Waals surface area contributed by atoms with Gasteiger partial charge in [-0.25, -0.2) is 9.37 Å². The summed E-state index contributed by atoms with van der Waals surface area (Å²) in [7, 11) is 0. The first-order valence-corrected chi connectivity index (χ1v) is 12.2. The summed E-state index contributed by atoms with van der Waals surface area (Å²) < 4.78 is 13.4. The van der Waals surface area contributed by atoms with Crippen molar-refractivity contribution in [2.24, 2.45) is 11.8 Å². The Kier molecular flexibility index (Phi) is 7.18. The van der Waals surface area contributed by atoms with Crippen molar-refractivity contribution < 1.29 is 14.0 Å². The maximum Gasteiger partial charge on any atom is 0.232 e. The zero-order chi connectivity index (χ0) is 23.4. The van der Waals surface area contributed by atoms with E-state index in [9.17, 15) is 14.0 Å². The van der Waals surface area contributed by atoms with E-state index in [1.807, 2.05) is 54.5 Å². The molecule has 33 heavy (non-hydrogen) atoms. The maximum absolute atomic E-state index is 13.6. The Hall–Kier alpha value is -3.06. The van der Waals surface area contributed by atoms with Crippen LogP contribution in [0.15, 0.2) is 60.0 Å². The van der Waals surface area contributed by atoms with Gasteiger partial charge in [0.15, 0.2) is 5.13 Å². The molecule has 0 saturated carbocycles. The molecular formula is C26H28FN3O2S. The van der Waals surface area contributed by atoms with Crippen LogP contribution in [0.3, 0.4) is 0 Å². The molecule has 0 atom stereocenters. The van der Waals surface area contributed by atoms with Crippen LogP contribution in [0.25, 0.3) is 11.3 Å². The summed E-state index contributed by atoms with van der Waals surface area (Å²) in [5, 5.41) is 2.59. The Balaban J connectivity index is 1.55. The molecule has 2 amide bonds. The van der Waals surface area contributed by atoms with Crippen LogP contribution in [0.2, 0.25) is 0 Å². The molecule has 4 rings (SSSR count). The molecule has 0 radical (unpaired) electrons. The van der Waals surface area contributed by atoms with Crippen molar-refractivity contribution in [3.63, 3.8) is 0 Å². The molecule has 0 bridgehead atoms. The lowest BCUT2D eigenvalue weighted by atomic mass is 9.94. The third kappa shape index (κ3) is 5.47. The fourth-order valence-electron chi connectivity index (χ4n) is 4.07. The van der Waals surface area contributed by atoms with E-state index in [1.54, 1.807) is 17.0 Å². The number of rotatable bonds is 6. The van der Waals surface area contributed by atoms with Crippen molar-refractivity contribution in [3.8, 4) is 11.3 Å². The van der Waals surface area contributed by atoms with Gasteiger partial charge in [0.05, 0.1) is 12.2 Å². The third-order valence-electron chi connectivity index (χ3n) is 5.96. The number of carbonyl (C=O) groups is 2. The van der Waals surface area contributed by atoms with Gasteiger partial charge in [0.2, 0.25) is 11.8 Å². The van der Waals surface area contributed by atoms with Crippen LogP contribution in [0.4, 0.5) is 9.52 Å². The average Bonchev–Trinajstić information content (AvgIpc) is 3.33. The minimum atomic E-state index is -0.306. The van der Waals surface area contributed by atoms with Gasteiger partial charge in [0, 0.05) is 35.9 Å². The number of hydrogen-bond acceptors (Lipinski definition) is 4. The highest BCUT2D eigenvalue weighted by molar-refractivity contribution is 7.14. The van der Waals surface area contributed by atoms with E-state index in [2.05, 4.69) is 0 Å². The first-order chi connectivity index (χ1) is 15.9. The van der Waals surface area contributed by atoms with Crippen LogP contribution in [0.1, 0.15) is 32.3 Å². The number of benzene rings is 2. The Morgan fingerprint density at radius 1 is 1.09 bits per heavy atom. The van der Waals surface area contributed by atoms with Crippen molar-refractivity contribution in [1.82, 2.24) is 9.88 Å². The number of likely N-dealkylation sites (tertiary alicyclic amines) is 1. The van der Waals surface area contributed by atoms with E-state index < -0.39 is 0 Å². The molecule has 2 heterocycles. The topological polar surface area (TPSA) is 53.5 Å². The highest BCUT2D eigenvalue weighted by Crippen LogP contribution is 2.31. The predicted molar refractivity (Wildman–Crippen MR) is 129 cm³/mol. The Labute approximate surface area is 197 Å². The quantitative estimate of drug-likeness (QED) is 0.491. The Bertz CT molecular complexity index is 1090. The van der Waals surface area contributed by atoms with Gasteiger partial charge in [-0.05, 0) is 30.5 Å². The molecule has 1 aromatic heterocycles. The monoisotopic (exact) mass is 465 g/mol. The fraction of sp³-hybridized carbons (Fsp3) is 0.346. The minimum Gasteiger partial charge on any atom is -0.342 e. The van der Waals surface area contributed by atoms with Gasteiger partial charge in [0.25, 0.3) is 0 Å². The highest BCUT2D eigenvalue weighted by Gasteiger charge is 2.32. The number of piperidine rings is 1. The normalized spacial score (nSPS) is 14.5. The van der Waals surface area contributed by atoms with E-state index in [0.717, 1.165) is 16.8 Å². The summed E-state index contributed by atoms with van der Waals surface area (Å²) in [6.45, 7) is 5.30. The third-order valence-corrected chi connectivity index (χ3v) is 6.83. The second-order valence-corrected chi connectivity index (χ2v) is 9.52. The lowest BCUT2D eigenvalue weighted by Crippen LogP contribution is -2.45. The smallest absolute Gasteiger partial charge is 0.232 e. The zero-order valence-electron chi connectivity index (χ0n) is 18.9. The van der Waals surface area contributed by atoms with Crippen molar-refractivity contribution in [2.75, 3.05) is 18.0 Å². The van der Waals surface area contributed by atoms with E-state index in [0.29, 0.717) is 37.6 Å². The largest absolute Gasteiger partial charge is 0.342 e. The molecule has 1 aliphatic heterocycles. The molecule has 172 valence electrons. The van der Waals surface area contributed by atoms with Crippen molar-refractivity contribution in [3.05, 3.63) is 71.4 Å². The molecule has 3 aromatic rings. The molecule has 0 aliphatic carbocycles. The highest BCUT2D eigenvalue weighted by atomic mass is 32.1. The second kappa shape index (κ2) is 10.3. The molecule has 1 fully saturated rings. The van der Waals surface area contributed by atoms with Crippen LogP contribution in [0, 0.1) is 17.7 Å². The van der Waals surface area contributed by atoms with Crippen molar-refractivity contribution in [2.45, 2.75) is 33.2 Å². The molecule has 7 heteroatoms. The number of amides is 2. The van der Waals surface area contributed by atoms with Crippen LogP contribution in [-0.4, -0.2) is 34.8 Å². The van der Waals surface area contributed by atoms with Crippen molar-refractivity contribution in [1.29, 1.82) is 0 Å². The van der Waals surface area contributed by atoms with Crippen LogP contribution >= 0.6 is 11.3 Å². The number of nitrogens with zero attached hydrogens (tertiary/aromatic N) is 3. The first kappa shape index (κ1) is 23.1. The number of thiazole rings is 1. The van der Waals surface area contributed by atoms with Crippen LogP contribution < -0.4 is 4.90 Å². The van der Waals surface area contributed by atoms with Gasteiger partial charge in [-0.1, -0.05) is 56.3 Å². The molecule has 0 spiro atoms. The number of carbonyl (C=O) groups excluding carboxylic acids is 2. The van der Waals surface area contributed by atoms with E-state index in [1.165, 1.54) is 23.5 Å². The molecule has 2 aromatic carbocycles. The van der Waals surface area contributed by atoms with Gasteiger partial charge >= 0.3 is 0 Å². The van der Waals surface area contributed by atoms with E-state index in [-0.39, 0.29) is 29.5 Å². The standard InChI is InChI=1S/C26H28FN3O2S/c1-18(2)24(31)29-14-12-21(13-15-29)25(32)30(16-19-8-10-22(27)11-9-19)26-28-23(17-33-26)20-6-4-3-5-7-20/h3-11,17-18,21H,12-16H2,1-2H3. The van der Waals surface area contributed by atoms with Crippen LogP contribution in [-0.2, 0) is 16.1 Å². The summed E-state index contributed by atoms with van der Waals surface area (Å²) >= 11 is 1.43. The van der Waals surface area contributed by atoms with Gasteiger partial charge in [-0.15, -0.1) is 11.3 Å². The molecule has 0 N–H and O–H groups in total. The summed E-state index contributed by atoms with van der Waals surface area (Å²) in [5.41, 5.74) is 2.66. The number of halogens is 1. The van der Waals surface area contributed by atoms with Gasteiger partial charge < -0.3 is 4.90 Å². The molecule has 0 unspecified atom stereocenters. The van der Waals surface area contributed by atoms with E-state index >= 15 is 0 Å². The minimum absolute atomic E-state index is 0.00457. The lowest BCUT2D eigenvalue weighted by molar-refractivity contribution is -0.137. The van der Waals surface area contributed by atoms with E-state index in [4.69, 9.17) is 4.98 Å². The summed E-state index contributed by atoms with van der Waals surface area (Å²) in [5.74, 6) is -0.384. The SMILES string of the molecule is CC(C)C(=O)N1CCC(C(=O)N(Cc2ccc(F)cc2)c2nc(-c3ccccc3)cs2)CC1. The number of aromatic nitrogens is 1. The fourth-order valence-corrected chi connectivity index (χ4v) is 4.91. The van der Waals surface area contributed by atoms with Gasteiger partial charge in [-0.3, -0.25) is 14.5 Å². The molecule has 5 nitrogen and oxygen atoms in total. The Morgan fingerprint density at radius 3 is 2.39 bits per heavy atom. The first-order valence-electron chi connectivity index (χ1n) is 11.3. The number of anilines is 1. The predicted octanol–water partition coefficient (Wildman–Crippen LogP) is 5.38. The van der Waals surface area contributed by atoms with Crippen molar-refractivity contribution >= 4 is 28.3 Å². The second-order valence-electron chi connectivity index (χ2n) is 8.69. The number of hydrogen-bond donors (Lipinski definition) is 0. The zero-order valence-corrected chi connectivity index (χ0v) is 19.7. The average molecular weight is 466 g/mol.